The van der Waals surface area contributed by atoms with Crippen LogP contribution in [-0.4, -0.2) is 36.1 Å². The van der Waals surface area contributed by atoms with E-state index in [0.717, 1.165) is 43.6 Å². The molecule has 0 saturated heterocycles. The summed E-state index contributed by atoms with van der Waals surface area (Å²) in [5.41, 5.74) is 1.21. The lowest BCUT2D eigenvalue weighted by Gasteiger charge is -2.27. The molecule has 0 spiro atoms. The molecule has 3 nitrogen and oxygen atoms in total. The predicted molar refractivity (Wildman–Crippen MR) is 94.5 cm³/mol. The molecule has 1 heterocycles. The number of hydrogen-bond acceptors (Lipinski definition) is 3. The van der Waals surface area contributed by atoms with E-state index in [9.17, 15) is 0 Å². The molecule has 22 heavy (non-hydrogen) atoms. The van der Waals surface area contributed by atoms with Gasteiger partial charge in [-0.15, -0.1) is 0 Å². The lowest BCUT2D eigenvalue weighted by molar-refractivity contribution is 0.309. The number of likely N-dealkylation sites (N-methyl/N-ethyl adjacent to an activating group) is 1. The van der Waals surface area contributed by atoms with Crippen molar-refractivity contribution < 1.29 is 0 Å². The van der Waals surface area contributed by atoms with E-state index in [4.69, 9.17) is 11.6 Å². The predicted octanol–water partition coefficient (Wildman–Crippen LogP) is 4.08. The normalized spacial score (nSPS) is 10.9. The minimum Gasteiger partial charge on any atom is -0.351 e. The third-order valence-corrected chi connectivity index (χ3v) is 4.05. The second kappa shape index (κ2) is 8.76. The molecule has 0 amide bonds. The fraction of sp³-hybridized carbons (Fsp3) is 0.389. The highest BCUT2D eigenvalue weighted by Gasteiger charge is 2.10. The smallest absolute Gasteiger partial charge is 0.128 e. The van der Waals surface area contributed by atoms with Gasteiger partial charge in [-0.1, -0.05) is 43.6 Å². The Hall–Kier alpha value is -1.58. The molecule has 118 valence electrons. The number of rotatable bonds is 8. The maximum absolute atomic E-state index is 6.10. The third-order valence-electron chi connectivity index (χ3n) is 3.82. The van der Waals surface area contributed by atoms with Crippen LogP contribution < -0.4 is 4.90 Å². The average molecular weight is 318 g/mol. The highest BCUT2D eigenvalue weighted by Crippen LogP contribution is 2.17. The highest BCUT2D eigenvalue weighted by molar-refractivity contribution is 6.30. The summed E-state index contributed by atoms with van der Waals surface area (Å²) in [6.07, 6.45) is 1.84. The van der Waals surface area contributed by atoms with Crippen molar-refractivity contribution in [3.63, 3.8) is 0 Å². The lowest BCUT2D eigenvalue weighted by Crippen LogP contribution is -2.35. The Morgan fingerprint density at radius 2 is 1.82 bits per heavy atom. The molecule has 2 rings (SSSR count). The molecule has 0 aliphatic rings. The highest BCUT2D eigenvalue weighted by atomic mass is 35.5. The Morgan fingerprint density at radius 3 is 2.45 bits per heavy atom. The maximum atomic E-state index is 6.10. The summed E-state index contributed by atoms with van der Waals surface area (Å²) in [4.78, 5) is 9.24. The van der Waals surface area contributed by atoms with Gasteiger partial charge in [0.2, 0.25) is 0 Å². The summed E-state index contributed by atoms with van der Waals surface area (Å²) in [6.45, 7) is 9.35. The first-order valence-corrected chi connectivity index (χ1v) is 8.23. The summed E-state index contributed by atoms with van der Waals surface area (Å²) >= 11 is 6.10. The van der Waals surface area contributed by atoms with Crippen LogP contribution in [0.5, 0.6) is 0 Å². The van der Waals surface area contributed by atoms with E-state index in [1.165, 1.54) is 5.56 Å². The van der Waals surface area contributed by atoms with E-state index in [0.29, 0.717) is 0 Å². The number of pyridine rings is 1. The lowest BCUT2D eigenvalue weighted by atomic mass is 10.2. The summed E-state index contributed by atoms with van der Waals surface area (Å²) in [7, 11) is 0. The number of aromatic nitrogens is 1. The Labute approximate surface area is 138 Å². The molecule has 2 aromatic rings. The Kier molecular flexibility index (Phi) is 6.69. The SMILES string of the molecule is CCN(CC)CCN(Cc1cccc(Cl)c1)c1ccccn1. The van der Waals surface area contributed by atoms with E-state index in [1.54, 1.807) is 0 Å². The van der Waals surface area contributed by atoms with Gasteiger partial charge in [-0.3, -0.25) is 0 Å². The van der Waals surface area contributed by atoms with Crippen LogP contribution in [-0.2, 0) is 6.54 Å². The van der Waals surface area contributed by atoms with Crippen molar-refractivity contribution in [3.8, 4) is 0 Å². The van der Waals surface area contributed by atoms with Crippen LogP contribution in [0.3, 0.4) is 0 Å². The Bertz CT molecular complexity index is 555. The van der Waals surface area contributed by atoms with Crippen LogP contribution >= 0.6 is 11.6 Å². The standard InChI is InChI=1S/C18H24ClN3/c1-3-21(4-2)12-13-22(18-10-5-6-11-20-18)15-16-8-7-9-17(19)14-16/h5-11,14H,3-4,12-13,15H2,1-2H3. The van der Waals surface area contributed by atoms with Crippen LogP contribution in [0.15, 0.2) is 48.7 Å². The number of halogens is 1. The van der Waals surface area contributed by atoms with Crippen LogP contribution in [0.1, 0.15) is 19.4 Å². The van der Waals surface area contributed by atoms with Gasteiger partial charge in [0.1, 0.15) is 5.82 Å². The van der Waals surface area contributed by atoms with E-state index >= 15 is 0 Å². The van der Waals surface area contributed by atoms with Crippen molar-refractivity contribution in [1.82, 2.24) is 9.88 Å². The average Bonchev–Trinajstić information content (AvgIpc) is 2.55. The van der Waals surface area contributed by atoms with Gasteiger partial charge in [-0.25, -0.2) is 4.98 Å². The van der Waals surface area contributed by atoms with E-state index < -0.39 is 0 Å². The quantitative estimate of drug-likeness (QED) is 0.731. The van der Waals surface area contributed by atoms with Gasteiger partial charge in [0.25, 0.3) is 0 Å². The molecule has 0 aliphatic heterocycles. The minimum atomic E-state index is 0.780. The molecule has 1 aromatic heterocycles. The molecule has 4 heteroatoms. The number of anilines is 1. The van der Waals surface area contributed by atoms with Crippen LogP contribution in [0, 0.1) is 0 Å². The molecule has 0 unspecified atom stereocenters. The summed E-state index contributed by atoms with van der Waals surface area (Å²) in [6, 6.07) is 14.1. The first-order chi connectivity index (χ1) is 10.7. The first kappa shape index (κ1) is 16.8. The van der Waals surface area contributed by atoms with Crippen LogP contribution in [0.4, 0.5) is 5.82 Å². The number of hydrogen-bond donors (Lipinski definition) is 0. The Balaban J connectivity index is 2.11. The molecule has 0 aliphatic carbocycles. The second-order valence-corrected chi connectivity index (χ2v) is 5.70. The van der Waals surface area contributed by atoms with Gasteiger partial charge >= 0.3 is 0 Å². The van der Waals surface area contributed by atoms with Crippen molar-refractivity contribution in [3.05, 3.63) is 59.2 Å². The second-order valence-electron chi connectivity index (χ2n) is 5.27. The first-order valence-electron chi connectivity index (χ1n) is 7.85. The molecule has 1 aromatic carbocycles. The Morgan fingerprint density at radius 1 is 1.00 bits per heavy atom. The molecule has 0 saturated carbocycles. The van der Waals surface area contributed by atoms with Crippen molar-refractivity contribution in [1.29, 1.82) is 0 Å². The van der Waals surface area contributed by atoms with E-state index in [2.05, 4.69) is 40.8 Å². The summed E-state index contributed by atoms with van der Waals surface area (Å²) in [5, 5.41) is 0.780. The fourth-order valence-electron chi connectivity index (χ4n) is 2.47. The zero-order valence-corrected chi connectivity index (χ0v) is 14.1. The molecule has 0 fully saturated rings. The van der Waals surface area contributed by atoms with Gasteiger partial charge in [0.05, 0.1) is 0 Å². The van der Waals surface area contributed by atoms with Crippen molar-refractivity contribution in [2.24, 2.45) is 0 Å². The van der Waals surface area contributed by atoms with Gasteiger partial charge in [-0.2, -0.15) is 0 Å². The summed E-state index contributed by atoms with van der Waals surface area (Å²) < 4.78 is 0. The number of benzene rings is 1. The third kappa shape index (κ3) is 5.00. The molecule has 0 N–H and O–H groups in total. The van der Waals surface area contributed by atoms with Crippen molar-refractivity contribution >= 4 is 17.4 Å². The molecule has 0 radical (unpaired) electrons. The maximum Gasteiger partial charge on any atom is 0.128 e. The molecular formula is C18H24ClN3. The van der Waals surface area contributed by atoms with E-state index in [1.807, 2.05) is 36.5 Å². The zero-order chi connectivity index (χ0) is 15.8. The number of nitrogens with zero attached hydrogens (tertiary/aromatic N) is 3. The van der Waals surface area contributed by atoms with E-state index in [-0.39, 0.29) is 0 Å². The van der Waals surface area contributed by atoms with Crippen LogP contribution in [0.2, 0.25) is 5.02 Å². The van der Waals surface area contributed by atoms with Gasteiger partial charge < -0.3 is 9.80 Å². The van der Waals surface area contributed by atoms with Crippen molar-refractivity contribution in [2.75, 3.05) is 31.1 Å². The van der Waals surface area contributed by atoms with Gasteiger partial charge in [-0.05, 0) is 42.9 Å². The molecule has 0 bridgehead atoms. The topological polar surface area (TPSA) is 19.4 Å². The largest absolute Gasteiger partial charge is 0.351 e. The monoisotopic (exact) mass is 317 g/mol. The minimum absolute atomic E-state index is 0.780. The molecule has 0 atom stereocenters. The molecular weight excluding hydrogens is 294 g/mol. The fourth-order valence-corrected chi connectivity index (χ4v) is 2.69. The summed E-state index contributed by atoms with van der Waals surface area (Å²) in [5.74, 6) is 1.01. The van der Waals surface area contributed by atoms with Gasteiger partial charge in [0, 0.05) is 30.9 Å². The zero-order valence-electron chi connectivity index (χ0n) is 13.4. The van der Waals surface area contributed by atoms with Gasteiger partial charge in [0.15, 0.2) is 0 Å². The van der Waals surface area contributed by atoms with Crippen LogP contribution in [0.25, 0.3) is 0 Å². The van der Waals surface area contributed by atoms with Crippen molar-refractivity contribution in [2.45, 2.75) is 20.4 Å².